The van der Waals surface area contributed by atoms with Gasteiger partial charge in [0, 0.05) is 31.7 Å². The molecule has 2 aromatic carbocycles. The SMILES string of the molecule is Cc1ccc(NC(=O)NCC2CCCN(C(=O)C3(C)Cc4ccccc4C(=O)O3)C2)cc1. The van der Waals surface area contributed by atoms with Crippen molar-refractivity contribution in [3.8, 4) is 0 Å². The second kappa shape index (κ2) is 9.02. The summed E-state index contributed by atoms with van der Waals surface area (Å²) in [6, 6.07) is 14.6. The molecule has 0 radical (unpaired) electrons. The van der Waals surface area contributed by atoms with Gasteiger partial charge in [0.1, 0.15) is 0 Å². The van der Waals surface area contributed by atoms with Crippen molar-refractivity contribution in [2.75, 3.05) is 25.0 Å². The van der Waals surface area contributed by atoms with E-state index in [2.05, 4.69) is 10.6 Å². The van der Waals surface area contributed by atoms with E-state index in [4.69, 9.17) is 4.74 Å². The van der Waals surface area contributed by atoms with Crippen molar-refractivity contribution in [2.24, 2.45) is 5.92 Å². The van der Waals surface area contributed by atoms with Gasteiger partial charge in [0.15, 0.2) is 5.60 Å². The molecule has 0 saturated carbocycles. The summed E-state index contributed by atoms with van der Waals surface area (Å²) in [6.45, 7) is 5.31. The van der Waals surface area contributed by atoms with E-state index in [1.54, 1.807) is 24.0 Å². The number of esters is 1. The predicted molar refractivity (Wildman–Crippen MR) is 121 cm³/mol. The largest absolute Gasteiger partial charge is 0.445 e. The van der Waals surface area contributed by atoms with E-state index in [0.29, 0.717) is 31.6 Å². The van der Waals surface area contributed by atoms with E-state index in [1.165, 1.54) is 0 Å². The van der Waals surface area contributed by atoms with Crippen LogP contribution >= 0.6 is 0 Å². The number of urea groups is 1. The molecule has 0 spiro atoms. The number of ether oxygens (including phenoxy) is 1. The number of rotatable bonds is 4. The van der Waals surface area contributed by atoms with Crippen molar-refractivity contribution in [2.45, 2.75) is 38.7 Å². The fourth-order valence-corrected chi connectivity index (χ4v) is 4.45. The van der Waals surface area contributed by atoms with Gasteiger partial charge in [0.25, 0.3) is 5.91 Å². The third-order valence-electron chi connectivity index (χ3n) is 6.20. The van der Waals surface area contributed by atoms with E-state index in [0.717, 1.165) is 29.7 Å². The first kappa shape index (κ1) is 21.9. The lowest BCUT2D eigenvalue weighted by molar-refractivity contribution is -0.153. The van der Waals surface area contributed by atoms with Crippen LogP contribution in [0.15, 0.2) is 48.5 Å². The Morgan fingerprint density at radius 2 is 1.91 bits per heavy atom. The molecule has 3 amide bonds. The number of benzene rings is 2. The summed E-state index contributed by atoms with van der Waals surface area (Å²) in [5.41, 5.74) is 2.02. The molecule has 4 rings (SSSR count). The van der Waals surface area contributed by atoms with Crippen LogP contribution in [0.1, 0.15) is 41.3 Å². The predicted octanol–water partition coefficient (Wildman–Crippen LogP) is 3.53. The number of aryl methyl sites for hydroxylation is 1. The number of piperidine rings is 1. The van der Waals surface area contributed by atoms with Crippen molar-refractivity contribution in [3.63, 3.8) is 0 Å². The zero-order chi connectivity index (χ0) is 22.7. The Labute approximate surface area is 188 Å². The number of likely N-dealkylation sites (tertiary alicyclic amines) is 1. The highest BCUT2D eigenvalue weighted by Gasteiger charge is 2.45. The first-order valence-corrected chi connectivity index (χ1v) is 11.1. The van der Waals surface area contributed by atoms with Crippen LogP contribution in [0.25, 0.3) is 0 Å². The van der Waals surface area contributed by atoms with Crippen molar-refractivity contribution in [1.82, 2.24) is 10.2 Å². The van der Waals surface area contributed by atoms with Gasteiger partial charge in [-0.15, -0.1) is 0 Å². The highest BCUT2D eigenvalue weighted by atomic mass is 16.6. The van der Waals surface area contributed by atoms with Crippen LogP contribution in [0.4, 0.5) is 10.5 Å². The highest BCUT2D eigenvalue weighted by Crippen LogP contribution is 2.31. The molecular formula is C25H29N3O4. The van der Waals surface area contributed by atoms with Gasteiger partial charge in [-0.1, -0.05) is 35.9 Å². The molecule has 2 aliphatic heterocycles. The maximum Gasteiger partial charge on any atom is 0.339 e. The minimum Gasteiger partial charge on any atom is -0.445 e. The Morgan fingerprint density at radius 1 is 1.16 bits per heavy atom. The molecule has 2 N–H and O–H groups in total. The van der Waals surface area contributed by atoms with Gasteiger partial charge in [-0.05, 0) is 56.4 Å². The monoisotopic (exact) mass is 435 g/mol. The summed E-state index contributed by atoms with van der Waals surface area (Å²) in [5, 5.41) is 5.74. The Hall–Kier alpha value is -3.35. The smallest absolute Gasteiger partial charge is 0.339 e. The average Bonchev–Trinajstić information content (AvgIpc) is 2.79. The summed E-state index contributed by atoms with van der Waals surface area (Å²) in [6.07, 6.45) is 2.14. The first-order valence-electron chi connectivity index (χ1n) is 11.1. The molecule has 1 saturated heterocycles. The normalized spacial score (nSPS) is 22.5. The lowest BCUT2D eigenvalue weighted by atomic mass is 9.87. The van der Waals surface area contributed by atoms with Crippen LogP contribution in [0.3, 0.4) is 0 Å². The number of cyclic esters (lactones) is 1. The molecule has 2 unspecified atom stereocenters. The molecule has 32 heavy (non-hydrogen) atoms. The molecule has 2 heterocycles. The number of hydrogen-bond acceptors (Lipinski definition) is 4. The van der Waals surface area contributed by atoms with Crippen LogP contribution in [-0.2, 0) is 16.0 Å². The zero-order valence-electron chi connectivity index (χ0n) is 18.5. The van der Waals surface area contributed by atoms with Crippen molar-refractivity contribution in [3.05, 3.63) is 65.2 Å². The second-order valence-corrected chi connectivity index (χ2v) is 8.91. The van der Waals surface area contributed by atoms with Gasteiger partial charge in [-0.2, -0.15) is 0 Å². The summed E-state index contributed by atoms with van der Waals surface area (Å²) >= 11 is 0. The van der Waals surface area contributed by atoms with Gasteiger partial charge in [-0.3, -0.25) is 4.79 Å². The quantitative estimate of drug-likeness (QED) is 0.720. The Balaban J connectivity index is 1.33. The molecule has 7 heteroatoms. The van der Waals surface area contributed by atoms with Crippen molar-refractivity contribution >= 4 is 23.6 Å². The van der Waals surface area contributed by atoms with E-state index in [-0.39, 0.29) is 17.9 Å². The number of carbonyl (C=O) groups excluding carboxylic acids is 3. The molecule has 7 nitrogen and oxygen atoms in total. The summed E-state index contributed by atoms with van der Waals surface area (Å²) in [7, 11) is 0. The zero-order valence-corrected chi connectivity index (χ0v) is 18.5. The molecule has 2 aliphatic rings. The van der Waals surface area contributed by atoms with Crippen LogP contribution < -0.4 is 10.6 Å². The molecule has 0 bridgehead atoms. The minimum atomic E-state index is -1.20. The van der Waals surface area contributed by atoms with Gasteiger partial charge in [0.05, 0.1) is 5.56 Å². The molecule has 0 aromatic heterocycles. The Bertz CT molecular complexity index is 1020. The lowest BCUT2D eigenvalue weighted by Gasteiger charge is -2.40. The number of anilines is 1. The lowest BCUT2D eigenvalue weighted by Crippen LogP contribution is -2.56. The highest BCUT2D eigenvalue weighted by molar-refractivity contribution is 5.97. The fraction of sp³-hybridized carbons (Fsp3) is 0.400. The number of nitrogens with zero attached hydrogens (tertiary/aromatic N) is 1. The number of carbonyl (C=O) groups is 3. The van der Waals surface area contributed by atoms with Gasteiger partial charge >= 0.3 is 12.0 Å². The molecule has 2 atom stereocenters. The second-order valence-electron chi connectivity index (χ2n) is 8.91. The third-order valence-corrected chi connectivity index (χ3v) is 6.20. The number of amides is 3. The van der Waals surface area contributed by atoms with E-state index in [9.17, 15) is 14.4 Å². The maximum absolute atomic E-state index is 13.3. The van der Waals surface area contributed by atoms with Crippen molar-refractivity contribution in [1.29, 1.82) is 0 Å². The summed E-state index contributed by atoms with van der Waals surface area (Å²) in [4.78, 5) is 39.8. The summed E-state index contributed by atoms with van der Waals surface area (Å²) in [5.74, 6) is -0.480. The van der Waals surface area contributed by atoms with Gasteiger partial charge in [-0.25, -0.2) is 9.59 Å². The van der Waals surface area contributed by atoms with Crippen LogP contribution in [0, 0.1) is 12.8 Å². The topological polar surface area (TPSA) is 87.7 Å². The van der Waals surface area contributed by atoms with Gasteiger partial charge < -0.3 is 20.3 Å². The molecule has 2 aromatic rings. The average molecular weight is 436 g/mol. The Kier molecular flexibility index (Phi) is 6.17. The van der Waals surface area contributed by atoms with Crippen LogP contribution in [0.2, 0.25) is 0 Å². The molecular weight excluding hydrogens is 406 g/mol. The Morgan fingerprint density at radius 3 is 2.69 bits per heavy atom. The van der Waals surface area contributed by atoms with Crippen LogP contribution in [0.5, 0.6) is 0 Å². The number of fused-ring (bicyclic) bond motifs is 1. The summed E-state index contributed by atoms with van der Waals surface area (Å²) < 4.78 is 5.61. The number of nitrogens with one attached hydrogen (secondary N) is 2. The fourth-order valence-electron chi connectivity index (χ4n) is 4.45. The van der Waals surface area contributed by atoms with E-state index < -0.39 is 11.6 Å². The van der Waals surface area contributed by atoms with E-state index in [1.807, 2.05) is 43.3 Å². The maximum atomic E-state index is 13.3. The van der Waals surface area contributed by atoms with Gasteiger partial charge in [0.2, 0.25) is 0 Å². The number of hydrogen-bond donors (Lipinski definition) is 2. The standard InChI is InChI=1S/C25H29N3O4/c1-17-9-11-20(12-10-17)27-24(31)26-15-18-6-5-13-28(16-18)23(30)25(2)14-19-7-3-4-8-21(19)22(29)32-25/h3-4,7-12,18H,5-6,13-16H2,1-2H3,(H2,26,27,31). The van der Waals surface area contributed by atoms with Crippen LogP contribution in [-0.4, -0.2) is 48.0 Å². The molecule has 0 aliphatic carbocycles. The van der Waals surface area contributed by atoms with Crippen molar-refractivity contribution < 1.29 is 19.1 Å². The first-order chi connectivity index (χ1) is 15.3. The van der Waals surface area contributed by atoms with E-state index >= 15 is 0 Å². The molecule has 168 valence electrons. The third kappa shape index (κ3) is 4.77. The minimum absolute atomic E-state index is 0.145. The molecule has 1 fully saturated rings.